The monoisotopic (exact) mass is 432 g/mol. The van der Waals surface area contributed by atoms with E-state index in [0.717, 1.165) is 28.9 Å². The fourth-order valence-electron chi connectivity index (χ4n) is 4.30. The van der Waals surface area contributed by atoms with Crippen molar-refractivity contribution in [1.29, 1.82) is 0 Å². The fourth-order valence-corrected chi connectivity index (χ4v) is 4.30. The Bertz CT molecular complexity index is 1010. The highest BCUT2D eigenvalue weighted by Crippen LogP contribution is 2.43. The van der Waals surface area contributed by atoms with Crippen molar-refractivity contribution in [2.45, 2.75) is 47.2 Å². The van der Waals surface area contributed by atoms with Crippen molar-refractivity contribution in [3.8, 4) is 0 Å². The van der Waals surface area contributed by atoms with Crippen LogP contribution in [0.25, 0.3) is 0 Å². The molecule has 1 aliphatic heterocycles. The molecule has 1 atom stereocenters. The molecule has 0 aliphatic carbocycles. The van der Waals surface area contributed by atoms with Crippen LogP contribution in [0.5, 0.6) is 0 Å². The van der Waals surface area contributed by atoms with E-state index < -0.39 is 23.1 Å². The second-order valence-electron chi connectivity index (χ2n) is 8.75. The topological polar surface area (TPSA) is 49.4 Å². The van der Waals surface area contributed by atoms with Crippen LogP contribution in [-0.2, 0) is 15.8 Å². The number of nitrogens with one attached hydrogen (secondary N) is 1. The van der Waals surface area contributed by atoms with Crippen molar-refractivity contribution >= 4 is 23.2 Å². The minimum Gasteiger partial charge on any atom is -0.326 e. The highest BCUT2D eigenvalue weighted by atomic mass is 19.4. The Morgan fingerprint density at radius 3 is 2.26 bits per heavy atom. The lowest BCUT2D eigenvalue weighted by atomic mass is 9.75. The second-order valence-corrected chi connectivity index (χ2v) is 8.75. The van der Waals surface area contributed by atoms with E-state index in [4.69, 9.17) is 0 Å². The van der Waals surface area contributed by atoms with Gasteiger partial charge in [-0.15, -0.1) is 0 Å². The minimum absolute atomic E-state index is 0.00220. The number of benzene rings is 2. The summed E-state index contributed by atoms with van der Waals surface area (Å²) in [7, 11) is 0. The van der Waals surface area contributed by atoms with Gasteiger partial charge in [0.2, 0.25) is 11.8 Å². The smallest absolute Gasteiger partial charge is 0.326 e. The summed E-state index contributed by atoms with van der Waals surface area (Å²) in [6.45, 7) is 9.27. The van der Waals surface area contributed by atoms with Crippen molar-refractivity contribution in [2.75, 3.05) is 16.8 Å². The predicted molar refractivity (Wildman–Crippen MR) is 115 cm³/mol. The van der Waals surface area contributed by atoms with E-state index in [1.165, 1.54) is 6.07 Å². The SMILES string of the molecule is Cc1cc(NC(=O)C2(C(C)C)CC(=O)N(c3c(C)cccc3C)C2)cc(C(F)(F)F)c1. The van der Waals surface area contributed by atoms with Crippen LogP contribution in [0.1, 0.15) is 42.5 Å². The highest BCUT2D eigenvalue weighted by Gasteiger charge is 2.51. The maximum atomic E-state index is 13.4. The molecule has 0 bridgehead atoms. The van der Waals surface area contributed by atoms with Gasteiger partial charge < -0.3 is 10.2 Å². The molecule has 31 heavy (non-hydrogen) atoms. The largest absolute Gasteiger partial charge is 0.416 e. The lowest BCUT2D eigenvalue weighted by Crippen LogP contribution is -2.43. The number of amides is 2. The average Bonchev–Trinajstić information content (AvgIpc) is 2.99. The molecule has 2 aromatic rings. The molecular formula is C24H27F3N2O2. The molecule has 1 aliphatic rings. The van der Waals surface area contributed by atoms with E-state index >= 15 is 0 Å². The zero-order valence-corrected chi connectivity index (χ0v) is 18.4. The van der Waals surface area contributed by atoms with E-state index in [2.05, 4.69) is 5.32 Å². The third-order valence-corrected chi connectivity index (χ3v) is 6.14. The van der Waals surface area contributed by atoms with E-state index in [0.29, 0.717) is 5.56 Å². The molecule has 0 radical (unpaired) electrons. The normalized spacial score (nSPS) is 19.3. The van der Waals surface area contributed by atoms with Crippen LogP contribution >= 0.6 is 0 Å². The van der Waals surface area contributed by atoms with Gasteiger partial charge in [0.05, 0.1) is 11.0 Å². The number of carbonyl (C=O) groups is 2. The number of anilines is 2. The Kier molecular flexibility index (Phi) is 5.91. The number of para-hydroxylation sites is 1. The summed E-state index contributed by atoms with van der Waals surface area (Å²) in [6, 6.07) is 9.20. The summed E-state index contributed by atoms with van der Waals surface area (Å²) in [4.78, 5) is 28.0. The number of hydrogen-bond acceptors (Lipinski definition) is 2. The molecule has 4 nitrogen and oxygen atoms in total. The molecular weight excluding hydrogens is 405 g/mol. The van der Waals surface area contributed by atoms with Crippen molar-refractivity contribution < 1.29 is 22.8 Å². The molecule has 1 N–H and O–H groups in total. The zero-order valence-electron chi connectivity index (χ0n) is 18.4. The maximum absolute atomic E-state index is 13.4. The molecule has 1 unspecified atom stereocenters. The van der Waals surface area contributed by atoms with Crippen LogP contribution in [-0.4, -0.2) is 18.4 Å². The lowest BCUT2D eigenvalue weighted by molar-refractivity contribution is -0.137. The van der Waals surface area contributed by atoms with Crippen molar-refractivity contribution in [3.63, 3.8) is 0 Å². The number of rotatable bonds is 4. The number of nitrogens with zero attached hydrogens (tertiary/aromatic N) is 1. The van der Waals surface area contributed by atoms with Gasteiger partial charge in [-0.25, -0.2) is 0 Å². The molecule has 2 aromatic carbocycles. The third-order valence-electron chi connectivity index (χ3n) is 6.14. The van der Waals surface area contributed by atoms with Crippen LogP contribution in [0.4, 0.5) is 24.5 Å². The number of hydrogen-bond donors (Lipinski definition) is 1. The third kappa shape index (κ3) is 4.31. The summed E-state index contributed by atoms with van der Waals surface area (Å²) < 4.78 is 39.6. The van der Waals surface area contributed by atoms with Crippen molar-refractivity contribution in [3.05, 3.63) is 58.7 Å². The van der Waals surface area contributed by atoms with Gasteiger partial charge >= 0.3 is 6.18 Å². The second kappa shape index (κ2) is 8.02. The summed E-state index contributed by atoms with van der Waals surface area (Å²) in [5.41, 5.74) is 1.26. The number of halogens is 3. The van der Waals surface area contributed by atoms with Gasteiger partial charge in [0.25, 0.3) is 0 Å². The molecule has 166 valence electrons. The van der Waals surface area contributed by atoms with Crippen molar-refractivity contribution in [1.82, 2.24) is 0 Å². The molecule has 1 heterocycles. The van der Waals surface area contributed by atoms with Gasteiger partial charge in [0.1, 0.15) is 0 Å². The first kappa shape index (κ1) is 22.8. The standard InChI is InChI=1S/C24H27F3N2O2/c1-14(2)23(12-20(30)29(13-23)21-16(4)7-6-8-17(21)5)22(31)28-19-10-15(3)9-18(11-19)24(25,26)27/h6-11,14H,12-13H2,1-5H3,(H,28,31). The van der Waals surface area contributed by atoms with E-state index in [1.54, 1.807) is 11.8 Å². The first-order valence-electron chi connectivity index (χ1n) is 10.2. The molecule has 1 saturated heterocycles. The number of aryl methyl sites for hydroxylation is 3. The van der Waals surface area contributed by atoms with Gasteiger partial charge in [-0.3, -0.25) is 9.59 Å². The van der Waals surface area contributed by atoms with Gasteiger partial charge in [-0.2, -0.15) is 13.2 Å². The van der Waals surface area contributed by atoms with E-state index in [9.17, 15) is 22.8 Å². The first-order valence-corrected chi connectivity index (χ1v) is 10.2. The van der Waals surface area contributed by atoms with Crippen LogP contribution in [0.2, 0.25) is 0 Å². The van der Waals surface area contributed by atoms with Gasteiger partial charge in [-0.05, 0) is 61.6 Å². The quantitative estimate of drug-likeness (QED) is 0.679. The highest BCUT2D eigenvalue weighted by molar-refractivity contribution is 6.06. The average molecular weight is 432 g/mol. The number of carbonyl (C=O) groups excluding carboxylic acids is 2. The van der Waals surface area contributed by atoms with E-state index in [1.807, 2.05) is 45.9 Å². The van der Waals surface area contributed by atoms with Crippen LogP contribution < -0.4 is 10.2 Å². The van der Waals surface area contributed by atoms with Gasteiger partial charge in [-0.1, -0.05) is 32.0 Å². The Morgan fingerprint density at radius 2 is 1.71 bits per heavy atom. The Labute approximate surface area is 180 Å². The van der Waals surface area contributed by atoms with Crippen molar-refractivity contribution in [2.24, 2.45) is 11.3 Å². The van der Waals surface area contributed by atoms with Crippen LogP contribution in [0, 0.1) is 32.1 Å². The lowest BCUT2D eigenvalue weighted by Gasteiger charge is -2.32. The van der Waals surface area contributed by atoms with Gasteiger partial charge in [0.15, 0.2) is 0 Å². The van der Waals surface area contributed by atoms with Crippen LogP contribution in [0.15, 0.2) is 36.4 Å². The molecule has 0 spiro atoms. The Balaban J connectivity index is 1.95. The van der Waals surface area contributed by atoms with Gasteiger partial charge in [0, 0.05) is 24.3 Å². The zero-order chi connectivity index (χ0) is 23.1. The molecule has 7 heteroatoms. The molecule has 0 aromatic heterocycles. The summed E-state index contributed by atoms with van der Waals surface area (Å²) in [6.07, 6.45) is -4.51. The summed E-state index contributed by atoms with van der Waals surface area (Å²) >= 11 is 0. The maximum Gasteiger partial charge on any atom is 0.416 e. The molecule has 0 saturated carbocycles. The van der Waals surface area contributed by atoms with Crippen LogP contribution in [0.3, 0.4) is 0 Å². The molecule has 1 fully saturated rings. The van der Waals surface area contributed by atoms with E-state index in [-0.39, 0.29) is 30.5 Å². The summed E-state index contributed by atoms with van der Waals surface area (Å²) in [5.74, 6) is -0.803. The Hall–Kier alpha value is -2.83. The first-order chi connectivity index (χ1) is 14.3. The minimum atomic E-state index is -4.51. The Morgan fingerprint density at radius 1 is 1.10 bits per heavy atom. The fraction of sp³-hybridized carbons (Fsp3) is 0.417. The molecule has 2 amide bonds. The predicted octanol–water partition coefficient (Wildman–Crippen LogP) is 5.65. The summed E-state index contributed by atoms with van der Waals surface area (Å²) in [5, 5.41) is 2.66. The molecule has 3 rings (SSSR count). The number of alkyl halides is 3.